The summed E-state index contributed by atoms with van der Waals surface area (Å²) in [6.07, 6.45) is -0.215. The number of hydrogen-bond acceptors (Lipinski definition) is 2. The van der Waals surface area contributed by atoms with E-state index in [1.807, 2.05) is 37.5 Å². The normalized spacial score (nSPS) is 20.8. The number of halogens is 1. The van der Waals surface area contributed by atoms with Crippen molar-refractivity contribution in [3.8, 4) is 0 Å². The molecule has 2 rings (SSSR count). The summed E-state index contributed by atoms with van der Waals surface area (Å²) in [5.41, 5.74) is 0.546. The molecule has 1 aromatic rings. The second-order valence-corrected chi connectivity index (χ2v) is 6.23. The van der Waals surface area contributed by atoms with E-state index < -0.39 is 0 Å². The molecular weight excluding hydrogens is 283 g/mol. The quantitative estimate of drug-likeness (QED) is 0.857. The molecule has 1 fully saturated rings. The van der Waals surface area contributed by atoms with Crippen LogP contribution in [0.2, 0.25) is 0 Å². The van der Waals surface area contributed by atoms with Crippen LogP contribution in [0.5, 0.6) is 0 Å². The molecule has 0 N–H and O–H groups in total. The fourth-order valence-electron chi connectivity index (χ4n) is 2.73. The maximum absolute atomic E-state index is 13.1. The molecule has 4 nitrogen and oxygen atoms in total. The van der Waals surface area contributed by atoms with Gasteiger partial charge in [-0.2, -0.15) is 0 Å². The van der Waals surface area contributed by atoms with E-state index in [1.54, 1.807) is 12.1 Å². The molecule has 0 radical (unpaired) electrons. The van der Waals surface area contributed by atoms with Crippen molar-refractivity contribution < 1.29 is 13.9 Å². The van der Waals surface area contributed by atoms with Crippen molar-refractivity contribution in [2.24, 2.45) is 0 Å². The molecule has 0 aromatic heterocycles. The number of carbonyl (C=O) groups excluding carboxylic acids is 1. The lowest BCUT2D eigenvalue weighted by Gasteiger charge is -2.46. The van der Waals surface area contributed by atoms with Crippen molar-refractivity contribution in [1.29, 1.82) is 0 Å². The van der Waals surface area contributed by atoms with Crippen LogP contribution in [-0.4, -0.2) is 47.6 Å². The Morgan fingerprint density at radius 1 is 1.32 bits per heavy atom. The molecule has 1 atom stereocenters. The van der Waals surface area contributed by atoms with Gasteiger partial charge in [0, 0.05) is 13.1 Å². The average molecular weight is 308 g/mol. The Morgan fingerprint density at radius 2 is 1.91 bits per heavy atom. The fourth-order valence-corrected chi connectivity index (χ4v) is 2.73. The van der Waals surface area contributed by atoms with Gasteiger partial charge in [0.15, 0.2) is 0 Å². The molecule has 1 aliphatic heterocycles. The summed E-state index contributed by atoms with van der Waals surface area (Å²) >= 11 is 0. The lowest BCUT2D eigenvalue weighted by Crippen LogP contribution is -2.59. The number of nitrogens with zero attached hydrogens (tertiary/aromatic N) is 2. The van der Waals surface area contributed by atoms with Gasteiger partial charge in [-0.05, 0) is 45.4 Å². The lowest BCUT2D eigenvalue weighted by atomic mass is 9.98. The van der Waals surface area contributed by atoms with Crippen molar-refractivity contribution in [3.05, 3.63) is 35.6 Å². The van der Waals surface area contributed by atoms with Crippen LogP contribution in [0, 0.1) is 5.82 Å². The number of amides is 2. The second-order valence-electron chi connectivity index (χ2n) is 6.23. The Labute approximate surface area is 131 Å². The maximum atomic E-state index is 13.1. The molecule has 22 heavy (non-hydrogen) atoms. The van der Waals surface area contributed by atoms with E-state index in [-0.39, 0.29) is 23.5 Å². The highest BCUT2D eigenvalue weighted by molar-refractivity contribution is 5.75. The number of urea groups is 1. The zero-order chi connectivity index (χ0) is 16.3. The molecule has 1 unspecified atom stereocenters. The first-order valence-corrected chi connectivity index (χ1v) is 7.82. The molecule has 1 saturated heterocycles. The molecule has 1 aromatic carbocycles. The topological polar surface area (TPSA) is 32.8 Å². The van der Waals surface area contributed by atoms with Gasteiger partial charge < -0.3 is 14.5 Å². The number of hydrogen-bond donors (Lipinski definition) is 0. The number of ether oxygens (including phenoxy) is 1. The van der Waals surface area contributed by atoms with E-state index in [0.29, 0.717) is 26.2 Å². The highest BCUT2D eigenvalue weighted by Gasteiger charge is 2.39. The summed E-state index contributed by atoms with van der Waals surface area (Å²) in [5.74, 6) is -0.268. The van der Waals surface area contributed by atoms with Gasteiger partial charge in [0.1, 0.15) is 11.9 Å². The predicted molar refractivity (Wildman–Crippen MR) is 84.2 cm³/mol. The molecule has 2 amide bonds. The van der Waals surface area contributed by atoms with Crippen LogP contribution in [-0.2, 0) is 4.74 Å². The van der Waals surface area contributed by atoms with E-state index in [0.717, 1.165) is 5.56 Å². The number of benzene rings is 1. The largest absolute Gasteiger partial charge is 0.369 e. The van der Waals surface area contributed by atoms with E-state index in [9.17, 15) is 9.18 Å². The average Bonchev–Trinajstić information content (AvgIpc) is 2.49. The summed E-state index contributed by atoms with van der Waals surface area (Å²) in [7, 11) is 0. The Balaban J connectivity index is 2.19. The standard InChI is InChI=1S/C17H25FN2O2/c1-5-19(6-2)16(21)20-11-15(22-12-17(20,3)4)13-7-9-14(18)10-8-13/h7-10,15H,5-6,11-12H2,1-4H3. The van der Waals surface area contributed by atoms with E-state index in [1.165, 1.54) is 12.1 Å². The van der Waals surface area contributed by atoms with Crippen LogP contribution in [0.1, 0.15) is 39.4 Å². The molecule has 122 valence electrons. The van der Waals surface area contributed by atoms with Gasteiger partial charge in [0.2, 0.25) is 0 Å². The molecule has 5 heteroatoms. The van der Waals surface area contributed by atoms with Crippen molar-refractivity contribution in [1.82, 2.24) is 9.80 Å². The summed E-state index contributed by atoms with van der Waals surface area (Å²) in [4.78, 5) is 16.4. The van der Waals surface area contributed by atoms with E-state index in [2.05, 4.69) is 0 Å². The number of morpholine rings is 1. The lowest BCUT2D eigenvalue weighted by molar-refractivity contribution is -0.0848. The molecule has 0 bridgehead atoms. The van der Waals surface area contributed by atoms with Gasteiger partial charge >= 0.3 is 6.03 Å². The van der Waals surface area contributed by atoms with Gasteiger partial charge in [0.05, 0.1) is 18.7 Å². The second kappa shape index (κ2) is 6.65. The van der Waals surface area contributed by atoms with Crippen molar-refractivity contribution in [2.45, 2.75) is 39.3 Å². The Kier molecular flexibility index (Phi) is 5.06. The smallest absolute Gasteiger partial charge is 0.320 e. The summed E-state index contributed by atoms with van der Waals surface area (Å²) in [5, 5.41) is 0. The zero-order valence-corrected chi connectivity index (χ0v) is 13.8. The van der Waals surface area contributed by atoms with E-state index >= 15 is 0 Å². The van der Waals surface area contributed by atoms with Crippen LogP contribution in [0.4, 0.5) is 9.18 Å². The highest BCUT2D eigenvalue weighted by Crippen LogP contribution is 2.31. The third kappa shape index (κ3) is 3.40. The SMILES string of the molecule is CCN(CC)C(=O)N1CC(c2ccc(F)cc2)OCC1(C)C. The van der Waals surface area contributed by atoms with Gasteiger partial charge in [-0.15, -0.1) is 0 Å². The monoisotopic (exact) mass is 308 g/mol. The Bertz CT molecular complexity index is 512. The van der Waals surface area contributed by atoms with Crippen molar-refractivity contribution in [2.75, 3.05) is 26.2 Å². The molecule has 0 saturated carbocycles. The Hall–Kier alpha value is -1.62. The summed E-state index contributed by atoms with van der Waals surface area (Å²) in [6, 6.07) is 6.33. The zero-order valence-electron chi connectivity index (χ0n) is 13.8. The minimum atomic E-state index is -0.351. The van der Waals surface area contributed by atoms with Crippen LogP contribution < -0.4 is 0 Å². The van der Waals surface area contributed by atoms with Crippen molar-refractivity contribution >= 4 is 6.03 Å². The van der Waals surface area contributed by atoms with Crippen LogP contribution in [0.3, 0.4) is 0 Å². The van der Waals surface area contributed by atoms with Crippen LogP contribution in [0.15, 0.2) is 24.3 Å². The first-order valence-electron chi connectivity index (χ1n) is 7.82. The van der Waals surface area contributed by atoms with Gasteiger partial charge in [0.25, 0.3) is 0 Å². The summed E-state index contributed by atoms with van der Waals surface area (Å²) in [6.45, 7) is 10.3. The third-order valence-corrected chi connectivity index (χ3v) is 4.22. The maximum Gasteiger partial charge on any atom is 0.320 e. The first-order chi connectivity index (χ1) is 10.4. The van der Waals surface area contributed by atoms with Gasteiger partial charge in [-0.1, -0.05) is 12.1 Å². The van der Waals surface area contributed by atoms with Gasteiger partial charge in [-0.3, -0.25) is 0 Å². The first kappa shape index (κ1) is 16.7. The fraction of sp³-hybridized carbons (Fsp3) is 0.588. The summed E-state index contributed by atoms with van der Waals surface area (Å²) < 4.78 is 19.0. The predicted octanol–water partition coefficient (Wildman–Crippen LogP) is 3.44. The van der Waals surface area contributed by atoms with Crippen LogP contribution in [0.25, 0.3) is 0 Å². The molecule has 1 aliphatic rings. The minimum Gasteiger partial charge on any atom is -0.369 e. The number of carbonyl (C=O) groups is 1. The number of rotatable bonds is 3. The van der Waals surface area contributed by atoms with Crippen LogP contribution >= 0.6 is 0 Å². The van der Waals surface area contributed by atoms with E-state index in [4.69, 9.17) is 4.74 Å². The Morgan fingerprint density at radius 3 is 2.45 bits per heavy atom. The highest BCUT2D eigenvalue weighted by atomic mass is 19.1. The third-order valence-electron chi connectivity index (χ3n) is 4.22. The van der Waals surface area contributed by atoms with Crippen molar-refractivity contribution in [3.63, 3.8) is 0 Å². The van der Waals surface area contributed by atoms with Gasteiger partial charge in [-0.25, -0.2) is 9.18 Å². The molecule has 0 aliphatic carbocycles. The molecular formula is C17H25FN2O2. The molecule has 0 spiro atoms. The molecule has 1 heterocycles. The minimum absolute atomic E-state index is 0.0328.